The van der Waals surface area contributed by atoms with Crippen LogP contribution in [0.4, 0.5) is 9.59 Å². The van der Waals surface area contributed by atoms with Crippen LogP contribution in [0, 0.1) is 0 Å². The van der Waals surface area contributed by atoms with Crippen molar-refractivity contribution in [1.82, 2.24) is 30.5 Å². The van der Waals surface area contributed by atoms with Crippen molar-refractivity contribution in [3.05, 3.63) is 17.5 Å². The predicted octanol–water partition coefficient (Wildman–Crippen LogP) is -1.67. The van der Waals surface area contributed by atoms with Crippen LogP contribution in [0.25, 0.3) is 0 Å². The van der Waals surface area contributed by atoms with E-state index in [4.69, 9.17) is 14.5 Å². The van der Waals surface area contributed by atoms with Crippen LogP contribution in [0.2, 0.25) is 0 Å². The van der Waals surface area contributed by atoms with Gasteiger partial charge in [0.15, 0.2) is 5.84 Å². The van der Waals surface area contributed by atoms with Gasteiger partial charge in [0.1, 0.15) is 18.6 Å². The molecule has 0 aromatic carbocycles. The van der Waals surface area contributed by atoms with Crippen LogP contribution in [0.5, 0.6) is 0 Å². The van der Waals surface area contributed by atoms with E-state index in [-0.39, 0.29) is 12.4 Å². The van der Waals surface area contributed by atoms with Crippen molar-refractivity contribution in [3.63, 3.8) is 0 Å². The van der Waals surface area contributed by atoms with E-state index < -0.39 is 47.1 Å². The van der Waals surface area contributed by atoms with Crippen molar-refractivity contribution in [3.8, 4) is 0 Å². The van der Waals surface area contributed by atoms with Gasteiger partial charge in [0, 0.05) is 19.7 Å². The number of urea groups is 1. The second-order valence-corrected chi connectivity index (χ2v) is 7.14. The van der Waals surface area contributed by atoms with Crippen molar-refractivity contribution < 1.29 is 41.6 Å². The van der Waals surface area contributed by atoms with Gasteiger partial charge in [0.2, 0.25) is 0 Å². The molecule has 0 radical (unpaired) electrons. The number of hydrogen-bond acceptors (Lipinski definition) is 9. The normalized spacial score (nSPS) is 20.8. The van der Waals surface area contributed by atoms with Crippen LogP contribution in [0.1, 0.15) is 23.3 Å². The lowest BCUT2D eigenvalue weighted by Gasteiger charge is -2.31. The first-order chi connectivity index (χ1) is 14.0. The van der Waals surface area contributed by atoms with Crippen LogP contribution in [0.3, 0.4) is 0 Å². The fraction of sp³-hybridized carbons (Fsp3) is 0.462. The molecule has 30 heavy (non-hydrogen) atoms. The summed E-state index contributed by atoms with van der Waals surface area (Å²) in [5, 5.41) is 15.1. The molecule has 2 aliphatic rings. The highest BCUT2D eigenvalue weighted by Gasteiger charge is 2.53. The first kappa shape index (κ1) is 21.3. The van der Waals surface area contributed by atoms with Gasteiger partial charge in [0.05, 0.1) is 18.4 Å². The summed E-state index contributed by atoms with van der Waals surface area (Å²) in [6.07, 6.45) is 0.290. The summed E-state index contributed by atoms with van der Waals surface area (Å²) in [7, 11) is -2.06. The minimum atomic E-state index is -4.97. The number of aliphatic imine (C=N–C) groups is 1. The van der Waals surface area contributed by atoms with Crippen LogP contribution < -0.4 is 10.8 Å². The Morgan fingerprint density at radius 1 is 1.43 bits per heavy atom. The largest absolute Gasteiger partial charge is 0.480 e. The third kappa shape index (κ3) is 3.98. The van der Waals surface area contributed by atoms with Gasteiger partial charge < -0.3 is 20.2 Å². The Hall–Kier alpha value is -3.44. The first-order valence-corrected chi connectivity index (χ1v) is 9.57. The van der Waals surface area contributed by atoms with Crippen LogP contribution in [-0.4, -0.2) is 81.9 Å². The Labute approximate surface area is 168 Å². The maximum Gasteiger partial charge on any atom is 0.431 e. The van der Waals surface area contributed by atoms with Gasteiger partial charge in [-0.05, 0) is 0 Å². The molecule has 0 aliphatic carbocycles. The molecule has 3 heterocycles. The number of carboxylic acid groups (broad SMARTS) is 1. The third-order valence-electron chi connectivity index (χ3n) is 4.34. The molecule has 3 amide bonds. The van der Waals surface area contributed by atoms with Crippen molar-refractivity contribution in [1.29, 1.82) is 0 Å². The van der Waals surface area contributed by atoms with E-state index in [0.29, 0.717) is 16.3 Å². The van der Waals surface area contributed by atoms with Crippen molar-refractivity contribution >= 4 is 34.3 Å². The zero-order chi connectivity index (χ0) is 22.2. The Bertz CT molecular complexity index is 1020. The highest BCUT2D eigenvalue weighted by molar-refractivity contribution is 7.80. The quantitative estimate of drug-likeness (QED) is 0.174. The predicted molar refractivity (Wildman–Crippen MR) is 93.9 cm³/mol. The van der Waals surface area contributed by atoms with Gasteiger partial charge in [-0.1, -0.05) is 0 Å². The number of hydrogen-bond donors (Lipinski definition) is 4. The molecule has 0 saturated carbocycles. The van der Waals surface area contributed by atoms with Gasteiger partial charge in [-0.15, -0.1) is 4.28 Å². The minimum absolute atomic E-state index is 0.0363. The number of amidine groups is 1. The molecule has 3 rings (SSSR count). The molecular weight excluding hydrogens is 430 g/mol. The molecular formula is C13H17N7O9S. The summed E-state index contributed by atoms with van der Waals surface area (Å²) in [6.45, 7) is -0.716. The van der Waals surface area contributed by atoms with Crippen LogP contribution >= 0.6 is 0 Å². The van der Waals surface area contributed by atoms with Crippen molar-refractivity contribution in [2.75, 3.05) is 20.1 Å². The lowest BCUT2D eigenvalue weighted by Crippen LogP contribution is -2.46. The summed E-state index contributed by atoms with van der Waals surface area (Å²) in [5.74, 6) is -1.32. The number of aryl methyl sites for hydroxylation is 1. The molecule has 0 unspecified atom stereocenters. The van der Waals surface area contributed by atoms with Gasteiger partial charge >= 0.3 is 28.5 Å². The number of nitrogens with one attached hydrogen (secondary N) is 2. The smallest absolute Gasteiger partial charge is 0.431 e. The SMILES string of the molecule is CN=C(NOC(=O)NCC(=O)O)[C@@H]1c2c(cnn2C)[C@H]2CN1C(=O)N2OS(=O)(=O)O. The van der Waals surface area contributed by atoms with E-state index >= 15 is 0 Å². The highest BCUT2D eigenvalue weighted by Crippen LogP contribution is 2.44. The van der Waals surface area contributed by atoms with E-state index in [1.54, 1.807) is 7.05 Å². The molecule has 2 atom stereocenters. The Morgan fingerprint density at radius 3 is 2.73 bits per heavy atom. The maximum absolute atomic E-state index is 12.7. The first-order valence-electron chi connectivity index (χ1n) is 8.21. The Balaban J connectivity index is 1.88. The molecule has 2 bridgehead atoms. The number of carbonyl (C=O) groups is 3. The minimum Gasteiger partial charge on any atom is -0.480 e. The summed E-state index contributed by atoms with van der Waals surface area (Å²) >= 11 is 0. The van der Waals surface area contributed by atoms with Crippen LogP contribution in [-0.2, 0) is 31.4 Å². The molecule has 17 heteroatoms. The molecule has 2 aliphatic heterocycles. The lowest BCUT2D eigenvalue weighted by atomic mass is 9.97. The Morgan fingerprint density at radius 2 is 2.13 bits per heavy atom. The van der Waals surface area contributed by atoms with E-state index in [1.807, 2.05) is 5.32 Å². The standard InChI is InChI=1S/C13H17N7O9S/c1-14-11(17-28-12(23)15-4-8(21)22)10-9-6(3-16-18(9)2)7-5-19(10)13(24)20(7)29-30(25,26)27/h3,7,10H,4-5H2,1-2H3,(H,14,17)(H,15,23)(H,21,22)(H,25,26,27)/t7-,10+/m1/s1. The number of amides is 3. The van der Waals surface area contributed by atoms with Gasteiger partial charge in [-0.25, -0.2) is 15.1 Å². The molecule has 1 fully saturated rings. The van der Waals surface area contributed by atoms with Crippen LogP contribution in [0.15, 0.2) is 11.2 Å². The summed E-state index contributed by atoms with van der Waals surface area (Å²) in [5.41, 5.74) is 3.11. The second-order valence-electron chi connectivity index (χ2n) is 6.14. The lowest BCUT2D eigenvalue weighted by molar-refractivity contribution is -0.135. The summed E-state index contributed by atoms with van der Waals surface area (Å²) in [4.78, 5) is 44.7. The number of rotatable bonds is 5. The summed E-state index contributed by atoms with van der Waals surface area (Å²) < 4.78 is 37.2. The van der Waals surface area contributed by atoms with E-state index in [9.17, 15) is 22.8 Å². The molecule has 1 aromatic rings. The maximum atomic E-state index is 12.7. The van der Waals surface area contributed by atoms with E-state index in [2.05, 4.69) is 19.9 Å². The highest BCUT2D eigenvalue weighted by atomic mass is 32.3. The summed E-state index contributed by atoms with van der Waals surface area (Å²) in [6, 6.07) is -2.75. The molecule has 0 spiro atoms. The van der Waals surface area contributed by atoms with Crippen molar-refractivity contribution in [2.45, 2.75) is 12.1 Å². The second kappa shape index (κ2) is 7.76. The fourth-order valence-corrected chi connectivity index (χ4v) is 3.58. The monoisotopic (exact) mass is 447 g/mol. The number of hydroxylamine groups is 3. The number of carbonyl (C=O) groups excluding carboxylic acids is 2. The van der Waals surface area contributed by atoms with Gasteiger partial charge in [0.25, 0.3) is 0 Å². The topological polar surface area (TPSA) is 205 Å². The van der Waals surface area contributed by atoms with E-state index in [1.165, 1.54) is 22.8 Å². The van der Waals surface area contributed by atoms with Crippen molar-refractivity contribution in [2.24, 2.45) is 12.0 Å². The molecule has 16 nitrogen and oxygen atoms in total. The van der Waals surface area contributed by atoms with E-state index in [0.717, 1.165) is 0 Å². The van der Waals surface area contributed by atoms with Gasteiger partial charge in [-0.3, -0.25) is 19.0 Å². The zero-order valence-corrected chi connectivity index (χ0v) is 16.4. The number of aliphatic carboxylic acids is 1. The molecule has 164 valence electrons. The molecule has 1 saturated heterocycles. The average Bonchev–Trinajstić information content (AvgIpc) is 3.16. The molecule has 1 aromatic heterocycles. The van der Waals surface area contributed by atoms with Gasteiger partial charge in [-0.2, -0.15) is 18.6 Å². The number of aromatic nitrogens is 2. The number of carboxylic acids is 1. The average molecular weight is 447 g/mol. The molecule has 4 N–H and O–H groups in total. The fourth-order valence-electron chi connectivity index (χ4n) is 3.21. The number of nitrogens with zero attached hydrogens (tertiary/aromatic N) is 5. The zero-order valence-electron chi connectivity index (χ0n) is 15.5. The number of fused-ring (bicyclic) bond motifs is 4. The Kier molecular flexibility index (Phi) is 5.51. The third-order valence-corrected chi connectivity index (χ3v) is 4.69.